The Morgan fingerprint density at radius 2 is 1.82 bits per heavy atom. The molecule has 34 heavy (non-hydrogen) atoms. The third-order valence-corrected chi connectivity index (χ3v) is 6.68. The number of carbonyl (C=O) groups is 3. The molecule has 2 aliphatic rings. The van der Waals surface area contributed by atoms with E-state index in [0.29, 0.717) is 18.0 Å². The fraction of sp³-hybridized carbons (Fsp3) is 0.520. The van der Waals surface area contributed by atoms with Crippen LogP contribution in [0.1, 0.15) is 73.3 Å². The zero-order chi connectivity index (χ0) is 24.3. The summed E-state index contributed by atoms with van der Waals surface area (Å²) in [4.78, 5) is 45.5. The van der Waals surface area contributed by atoms with Crippen molar-refractivity contribution in [3.8, 4) is 5.75 Å². The van der Waals surface area contributed by atoms with Gasteiger partial charge in [0.2, 0.25) is 5.91 Å². The average molecular weight is 469 g/mol. The Labute approximate surface area is 199 Å². The molecule has 0 spiro atoms. The number of methoxy groups -OCH3 is 1. The minimum absolute atomic E-state index is 0.0605. The Bertz CT molecular complexity index is 1060. The largest absolute Gasteiger partial charge is 0.494 e. The fourth-order valence-corrected chi connectivity index (χ4v) is 4.90. The molecular weight excluding hydrogens is 436 g/mol. The molecule has 9 nitrogen and oxygen atoms in total. The predicted octanol–water partition coefficient (Wildman–Crippen LogP) is 3.33. The van der Waals surface area contributed by atoms with Gasteiger partial charge >= 0.3 is 5.97 Å². The number of hydrogen-bond donors (Lipinski definition) is 1. The van der Waals surface area contributed by atoms with Crippen LogP contribution in [-0.2, 0) is 16.1 Å². The highest BCUT2D eigenvalue weighted by molar-refractivity contribution is 6.15. The van der Waals surface area contributed by atoms with Crippen molar-refractivity contribution in [2.45, 2.75) is 70.5 Å². The lowest BCUT2D eigenvalue weighted by molar-refractivity contribution is -0.127. The van der Waals surface area contributed by atoms with Crippen LogP contribution in [0.5, 0.6) is 5.75 Å². The van der Waals surface area contributed by atoms with Crippen LogP contribution in [0.4, 0.5) is 5.69 Å². The number of rotatable bonds is 6. The highest BCUT2D eigenvalue weighted by atomic mass is 16.5. The number of ether oxygens (including phenoxy) is 2. The number of amides is 2. The first-order chi connectivity index (χ1) is 16.4. The highest BCUT2D eigenvalue weighted by Crippen LogP contribution is 2.35. The van der Waals surface area contributed by atoms with Crippen LogP contribution in [0, 0.1) is 0 Å². The molecule has 1 aromatic carbocycles. The van der Waals surface area contributed by atoms with E-state index in [-0.39, 0.29) is 29.9 Å². The quantitative estimate of drug-likeness (QED) is 0.515. The maximum absolute atomic E-state index is 13.8. The van der Waals surface area contributed by atoms with Crippen LogP contribution in [0.3, 0.4) is 0 Å². The van der Waals surface area contributed by atoms with E-state index < -0.39 is 17.4 Å². The Morgan fingerprint density at radius 3 is 2.44 bits per heavy atom. The molecule has 0 unspecified atom stereocenters. The monoisotopic (exact) mass is 468 g/mol. The van der Waals surface area contributed by atoms with Crippen molar-refractivity contribution >= 4 is 23.5 Å². The van der Waals surface area contributed by atoms with Gasteiger partial charge in [-0.15, -0.1) is 0 Å². The van der Waals surface area contributed by atoms with Crippen molar-refractivity contribution in [3.05, 3.63) is 42.0 Å². The van der Waals surface area contributed by atoms with E-state index in [9.17, 15) is 14.4 Å². The van der Waals surface area contributed by atoms with Gasteiger partial charge in [-0.05, 0) is 51.0 Å². The Balaban J connectivity index is 1.74. The molecule has 1 aliphatic carbocycles. The molecule has 1 fully saturated rings. The predicted molar refractivity (Wildman–Crippen MR) is 126 cm³/mol. The number of aromatic nitrogens is 2. The smallest absolute Gasteiger partial charge is 0.359 e. The standard InChI is InChI=1S/C25H32N4O5/c1-4-34-19-13-11-18(12-14-19)29-22(30)21-20(23(31)33-3)26-16-28(21)15-25(29,2)24(32)27-17-9-7-5-6-8-10-17/h11-14,16-17H,4-10,15H2,1-3H3,(H,27,32)/t25-/m1/s1. The molecule has 2 aromatic rings. The van der Waals surface area contributed by atoms with Gasteiger partial charge in [0.05, 0.1) is 26.6 Å². The third kappa shape index (κ3) is 4.38. The van der Waals surface area contributed by atoms with E-state index in [1.807, 2.05) is 6.92 Å². The van der Waals surface area contributed by atoms with Gasteiger partial charge in [0, 0.05) is 11.7 Å². The molecule has 2 heterocycles. The summed E-state index contributed by atoms with van der Waals surface area (Å²) in [5.74, 6) is -0.728. The molecule has 1 aromatic heterocycles. The number of fused-ring (bicyclic) bond motifs is 1. The summed E-state index contributed by atoms with van der Waals surface area (Å²) in [5, 5.41) is 3.21. The molecule has 1 aliphatic heterocycles. The Morgan fingerprint density at radius 1 is 1.15 bits per heavy atom. The molecular formula is C25H32N4O5. The summed E-state index contributed by atoms with van der Waals surface area (Å²) in [6.07, 6.45) is 7.80. The van der Waals surface area contributed by atoms with Gasteiger partial charge in [-0.3, -0.25) is 14.5 Å². The summed E-state index contributed by atoms with van der Waals surface area (Å²) in [7, 11) is 1.25. The van der Waals surface area contributed by atoms with Crippen LogP contribution < -0.4 is 15.0 Å². The Hall–Kier alpha value is -3.36. The minimum atomic E-state index is -1.22. The zero-order valence-electron chi connectivity index (χ0n) is 20.0. The second-order valence-electron chi connectivity index (χ2n) is 9.06. The van der Waals surface area contributed by atoms with E-state index in [1.165, 1.54) is 31.2 Å². The van der Waals surface area contributed by atoms with E-state index in [1.54, 1.807) is 35.8 Å². The van der Waals surface area contributed by atoms with Crippen molar-refractivity contribution < 1.29 is 23.9 Å². The summed E-state index contributed by atoms with van der Waals surface area (Å²) >= 11 is 0. The van der Waals surface area contributed by atoms with E-state index in [4.69, 9.17) is 9.47 Å². The van der Waals surface area contributed by atoms with Gasteiger partial charge in [0.15, 0.2) is 5.69 Å². The van der Waals surface area contributed by atoms with Crippen LogP contribution in [0.15, 0.2) is 30.6 Å². The van der Waals surface area contributed by atoms with Gasteiger partial charge in [-0.1, -0.05) is 25.7 Å². The van der Waals surface area contributed by atoms with Crippen LogP contribution in [-0.4, -0.2) is 52.6 Å². The normalized spacial score (nSPS) is 20.9. The van der Waals surface area contributed by atoms with Crippen molar-refractivity contribution in [3.63, 3.8) is 0 Å². The third-order valence-electron chi connectivity index (χ3n) is 6.68. The van der Waals surface area contributed by atoms with Crippen molar-refractivity contribution in [1.82, 2.24) is 14.9 Å². The first-order valence-corrected chi connectivity index (χ1v) is 11.9. The van der Waals surface area contributed by atoms with Crippen molar-refractivity contribution in [2.24, 2.45) is 0 Å². The lowest BCUT2D eigenvalue weighted by Crippen LogP contribution is -2.65. The van der Waals surface area contributed by atoms with Crippen LogP contribution in [0.25, 0.3) is 0 Å². The van der Waals surface area contributed by atoms with E-state index in [2.05, 4.69) is 10.3 Å². The summed E-state index contributed by atoms with van der Waals surface area (Å²) in [6, 6.07) is 7.12. The lowest BCUT2D eigenvalue weighted by atomic mass is 9.92. The number of imidazole rings is 1. The molecule has 0 bridgehead atoms. The number of benzene rings is 1. The molecule has 1 saturated carbocycles. The van der Waals surface area contributed by atoms with Gasteiger partial charge in [-0.2, -0.15) is 0 Å². The second kappa shape index (κ2) is 9.87. The first-order valence-electron chi connectivity index (χ1n) is 11.9. The molecule has 2 amide bonds. The molecule has 9 heteroatoms. The molecule has 1 atom stereocenters. The number of esters is 1. The number of nitrogens with one attached hydrogen (secondary N) is 1. The molecule has 182 valence electrons. The first kappa shape index (κ1) is 23.8. The lowest BCUT2D eigenvalue weighted by Gasteiger charge is -2.44. The second-order valence-corrected chi connectivity index (χ2v) is 9.06. The molecule has 1 N–H and O–H groups in total. The highest BCUT2D eigenvalue weighted by Gasteiger charge is 2.50. The zero-order valence-corrected chi connectivity index (χ0v) is 20.0. The average Bonchev–Trinajstić information content (AvgIpc) is 3.08. The summed E-state index contributed by atoms with van der Waals surface area (Å²) in [6.45, 7) is 4.33. The number of hydrogen-bond acceptors (Lipinski definition) is 6. The number of carbonyl (C=O) groups excluding carboxylic acids is 3. The Kier molecular flexibility index (Phi) is 6.90. The SMILES string of the molecule is CCOc1ccc(N2C(=O)c3c(C(=O)OC)ncn3C[C@]2(C)C(=O)NC2CCCCCC2)cc1. The topological polar surface area (TPSA) is 103 Å². The van der Waals surface area contributed by atoms with Crippen LogP contribution in [0.2, 0.25) is 0 Å². The van der Waals surface area contributed by atoms with E-state index in [0.717, 1.165) is 25.7 Å². The van der Waals surface area contributed by atoms with Crippen molar-refractivity contribution in [2.75, 3.05) is 18.6 Å². The fourth-order valence-electron chi connectivity index (χ4n) is 4.90. The molecule has 4 rings (SSSR count). The van der Waals surface area contributed by atoms with Gasteiger partial charge in [-0.25, -0.2) is 9.78 Å². The van der Waals surface area contributed by atoms with Crippen molar-refractivity contribution in [1.29, 1.82) is 0 Å². The van der Waals surface area contributed by atoms with Gasteiger partial charge < -0.3 is 19.4 Å². The number of nitrogens with zero attached hydrogens (tertiary/aromatic N) is 3. The maximum atomic E-state index is 13.8. The summed E-state index contributed by atoms with van der Waals surface area (Å²) in [5.41, 5.74) is -0.636. The minimum Gasteiger partial charge on any atom is -0.494 e. The maximum Gasteiger partial charge on any atom is 0.359 e. The molecule has 0 radical (unpaired) electrons. The van der Waals surface area contributed by atoms with Gasteiger partial charge in [0.25, 0.3) is 5.91 Å². The summed E-state index contributed by atoms with van der Waals surface area (Å²) < 4.78 is 11.9. The number of anilines is 1. The van der Waals surface area contributed by atoms with E-state index >= 15 is 0 Å². The van der Waals surface area contributed by atoms with Gasteiger partial charge in [0.1, 0.15) is 17.0 Å². The molecule has 0 saturated heterocycles. The van der Waals surface area contributed by atoms with Crippen LogP contribution >= 0.6 is 0 Å².